The molecule has 0 aliphatic carbocycles. The zero-order valence-corrected chi connectivity index (χ0v) is 14.0. The average Bonchev–Trinajstić information content (AvgIpc) is 2.54. The molecule has 0 aliphatic rings. The Hall–Kier alpha value is -2.35. The van der Waals surface area contributed by atoms with E-state index in [1.54, 1.807) is 7.05 Å². The van der Waals surface area contributed by atoms with Crippen LogP contribution in [-0.2, 0) is 17.0 Å². The zero-order valence-electron chi connectivity index (χ0n) is 13.2. The number of para-hydroxylation sites is 1. The van der Waals surface area contributed by atoms with Crippen LogP contribution in [0.1, 0.15) is 18.3 Å². The standard InChI is InChI=1S/C15H20N6OS/c1-3-10-6-4-5-7-11(10)18-15-20-12(19-14(16)21-15)8-23-9-13(22)17-2/h4-7H,3,8-9H2,1-2H3,(H,17,22)(H3,16,18,19,20,21). The Kier molecular flexibility index (Phi) is 6.16. The number of amides is 1. The summed E-state index contributed by atoms with van der Waals surface area (Å²) >= 11 is 1.42. The average molecular weight is 332 g/mol. The number of nitrogens with two attached hydrogens (primary N) is 1. The molecular formula is C15H20N6OS. The molecule has 2 rings (SSSR count). The number of thioether (sulfide) groups is 1. The van der Waals surface area contributed by atoms with Crippen LogP contribution in [0.2, 0.25) is 0 Å². The third-order valence-electron chi connectivity index (χ3n) is 3.09. The van der Waals surface area contributed by atoms with Crippen LogP contribution in [0.5, 0.6) is 0 Å². The van der Waals surface area contributed by atoms with Gasteiger partial charge in [0.25, 0.3) is 0 Å². The highest BCUT2D eigenvalue weighted by molar-refractivity contribution is 7.99. The number of carbonyl (C=O) groups excluding carboxylic acids is 1. The van der Waals surface area contributed by atoms with E-state index in [0.29, 0.717) is 23.3 Å². The van der Waals surface area contributed by atoms with Crippen LogP contribution >= 0.6 is 11.8 Å². The largest absolute Gasteiger partial charge is 0.368 e. The molecule has 0 unspecified atom stereocenters. The second kappa shape index (κ2) is 8.33. The molecule has 0 saturated carbocycles. The van der Waals surface area contributed by atoms with Gasteiger partial charge in [-0.2, -0.15) is 15.0 Å². The molecule has 7 nitrogen and oxygen atoms in total. The molecule has 1 amide bonds. The van der Waals surface area contributed by atoms with Crippen molar-refractivity contribution in [1.29, 1.82) is 0 Å². The van der Waals surface area contributed by atoms with Crippen molar-refractivity contribution in [1.82, 2.24) is 20.3 Å². The van der Waals surface area contributed by atoms with E-state index < -0.39 is 0 Å². The van der Waals surface area contributed by atoms with E-state index in [2.05, 4.69) is 32.5 Å². The molecule has 0 bridgehead atoms. The van der Waals surface area contributed by atoms with E-state index in [0.717, 1.165) is 12.1 Å². The maximum atomic E-state index is 11.2. The number of nitrogen functional groups attached to an aromatic ring is 1. The van der Waals surface area contributed by atoms with E-state index in [4.69, 9.17) is 5.73 Å². The van der Waals surface area contributed by atoms with Crippen molar-refractivity contribution in [2.24, 2.45) is 0 Å². The highest BCUT2D eigenvalue weighted by atomic mass is 32.2. The summed E-state index contributed by atoms with van der Waals surface area (Å²) in [6.45, 7) is 2.09. The van der Waals surface area contributed by atoms with Crippen molar-refractivity contribution in [2.75, 3.05) is 23.9 Å². The van der Waals surface area contributed by atoms with Crippen LogP contribution in [0.25, 0.3) is 0 Å². The Morgan fingerprint density at radius 1 is 1.26 bits per heavy atom. The van der Waals surface area contributed by atoms with Crippen molar-refractivity contribution < 1.29 is 4.79 Å². The minimum atomic E-state index is -0.0350. The van der Waals surface area contributed by atoms with Gasteiger partial charge < -0.3 is 16.4 Å². The summed E-state index contributed by atoms with van der Waals surface area (Å²) in [5.74, 6) is 1.92. The van der Waals surface area contributed by atoms with Gasteiger partial charge in [0.15, 0.2) is 0 Å². The summed E-state index contributed by atoms with van der Waals surface area (Å²) in [7, 11) is 1.61. The first kappa shape index (κ1) is 17.0. The van der Waals surface area contributed by atoms with Crippen LogP contribution < -0.4 is 16.4 Å². The predicted molar refractivity (Wildman–Crippen MR) is 93.6 cm³/mol. The van der Waals surface area contributed by atoms with E-state index >= 15 is 0 Å². The molecule has 23 heavy (non-hydrogen) atoms. The second-order valence-electron chi connectivity index (χ2n) is 4.74. The van der Waals surface area contributed by atoms with E-state index in [9.17, 15) is 4.79 Å². The molecule has 0 saturated heterocycles. The number of hydrogen-bond donors (Lipinski definition) is 3. The lowest BCUT2D eigenvalue weighted by Gasteiger charge is -2.10. The SMILES string of the molecule is CCc1ccccc1Nc1nc(N)nc(CSCC(=O)NC)n1. The molecule has 0 radical (unpaired) electrons. The number of nitrogens with one attached hydrogen (secondary N) is 2. The molecular weight excluding hydrogens is 312 g/mol. The first-order valence-corrected chi connectivity index (χ1v) is 8.41. The number of benzene rings is 1. The Morgan fingerprint density at radius 2 is 2.04 bits per heavy atom. The summed E-state index contributed by atoms with van der Waals surface area (Å²) in [5.41, 5.74) is 7.87. The number of aryl methyl sites for hydroxylation is 1. The molecule has 0 fully saturated rings. The molecule has 0 aliphatic heterocycles. The van der Waals surface area contributed by atoms with Gasteiger partial charge in [-0.3, -0.25) is 4.79 Å². The Bertz CT molecular complexity index is 679. The van der Waals surface area contributed by atoms with E-state index in [1.807, 2.05) is 24.3 Å². The number of hydrogen-bond acceptors (Lipinski definition) is 7. The fourth-order valence-corrected chi connectivity index (χ4v) is 2.68. The maximum Gasteiger partial charge on any atom is 0.232 e. The number of nitrogens with zero attached hydrogens (tertiary/aromatic N) is 3. The molecule has 1 aromatic heterocycles. The maximum absolute atomic E-state index is 11.2. The van der Waals surface area contributed by atoms with Crippen LogP contribution in [0.4, 0.5) is 17.6 Å². The van der Waals surface area contributed by atoms with Crippen molar-refractivity contribution in [2.45, 2.75) is 19.1 Å². The number of rotatable bonds is 7. The van der Waals surface area contributed by atoms with Gasteiger partial charge in [-0.1, -0.05) is 25.1 Å². The fourth-order valence-electron chi connectivity index (χ4n) is 1.94. The van der Waals surface area contributed by atoms with Crippen molar-refractivity contribution >= 4 is 35.3 Å². The second-order valence-corrected chi connectivity index (χ2v) is 5.72. The van der Waals surface area contributed by atoms with Crippen LogP contribution in [0.3, 0.4) is 0 Å². The number of anilines is 3. The highest BCUT2D eigenvalue weighted by Gasteiger charge is 2.08. The quantitative estimate of drug-likeness (QED) is 0.709. The topological polar surface area (TPSA) is 106 Å². The minimum absolute atomic E-state index is 0.0350. The third-order valence-corrected chi connectivity index (χ3v) is 4.02. The van der Waals surface area contributed by atoms with Crippen molar-refractivity contribution in [3.8, 4) is 0 Å². The third kappa shape index (κ3) is 5.10. The lowest BCUT2D eigenvalue weighted by atomic mass is 10.1. The summed E-state index contributed by atoms with van der Waals surface area (Å²) in [5, 5.41) is 5.75. The monoisotopic (exact) mass is 332 g/mol. The molecule has 2 aromatic rings. The molecule has 1 heterocycles. The minimum Gasteiger partial charge on any atom is -0.368 e. The molecule has 4 N–H and O–H groups in total. The van der Waals surface area contributed by atoms with Crippen LogP contribution in [0, 0.1) is 0 Å². The lowest BCUT2D eigenvalue weighted by Crippen LogP contribution is -2.20. The van der Waals surface area contributed by atoms with E-state index in [-0.39, 0.29) is 11.9 Å². The molecule has 8 heteroatoms. The van der Waals surface area contributed by atoms with Gasteiger partial charge in [0.1, 0.15) is 5.82 Å². The van der Waals surface area contributed by atoms with Crippen LogP contribution in [0.15, 0.2) is 24.3 Å². The summed E-state index contributed by atoms with van der Waals surface area (Å²) in [4.78, 5) is 23.8. The first-order chi connectivity index (χ1) is 11.1. The first-order valence-electron chi connectivity index (χ1n) is 7.26. The van der Waals surface area contributed by atoms with Gasteiger partial charge in [0.05, 0.1) is 11.5 Å². The molecule has 1 aromatic carbocycles. The highest BCUT2D eigenvalue weighted by Crippen LogP contribution is 2.20. The number of carbonyl (C=O) groups is 1. The van der Waals surface area contributed by atoms with Gasteiger partial charge in [-0.05, 0) is 18.1 Å². The Balaban J connectivity index is 2.09. The smallest absolute Gasteiger partial charge is 0.232 e. The summed E-state index contributed by atoms with van der Waals surface area (Å²) in [6.07, 6.45) is 0.901. The van der Waals surface area contributed by atoms with Gasteiger partial charge in [-0.15, -0.1) is 11.8 Å². The Labute approximate surface area is 139 Å². The van der Waals surface area contributed by atoms with Crippen LogP contribution in [-0.4, -0.2) is 33.7 Å². The zero-order chi connectivity index (χ0) is 16.7. The van der Waals surface area contributed by atoms with Gasteiger partial charge >= 0.3 is 0 Å². The lowest BCUT2D eigenvalue weighted by molar-refractivity contribution is -0.118. The fraction of sp³-hybridized carbons (Fsp3) is 0.333. The summed E-state index contributed by atoms with van der Waals surface area (Å²) < 4.78 is 0. The van der Waals surface area contributed by atoms with Crippen molar-refractivity contribution in [3.05, 3.63) is 35.7 Å². The molecule has 122 valence electrons. The van der Waals surface area contributed by atoms with Crippen molar-refractivity contribution in [3.63, 3.8) is 0 Å². The molecule has 0 atom stereocenters. The normalized spacial score (nSPS) is 10.3. The summed E-state index contributed by atoms with van der Waals surface area (Å²) in [6, 6.07) is 7.96. The van der Waals surface area contributed by atoms with Gasteiger partial charge in [-0.25, -0.2) is 0 Å². The van der Waals surface area contributed by atoms with Gasteiger partial charge in [0, 0.05) is 12.7 Å². The van der Waals surface area contributed by atoms with Gasteiger partial charge in [0.2, 0.25) is 17.8 Å². The predicted octanol–water partition coefficient (Wildman–Crippen LogP) is 1.74. The number of aromatic nitrogens is 3. The van der Waals surface area contributed by atoms with E-state index in [1.165, 1.54) is 17.3 Å². The Morgan fingerprint density at radius 3 is 2.78 bits per heavy atom. The molecule has 0 spiro atoms.